The van der Waals surface area contributed by atoms with E-state index >= 15 is 0 Å². The van der Waals surface area contributed by atoms with Gasteiger partial charge in [0.05, 0.1) is 16.8 Å². The Balaban J connectivity index is 1.77. The van der Waals surface area contributed by atoms with E-state index in [4.69, 9.17) is 4.74 Å². The van der Waals surface area contributed by atoms with E-state index < -0.39 is 5.60 Å². The summed E-state index contributed by atoms with van der Waals surface area (Å²) in [5.74, 6) is 0. The van der Waals surface area contributed by atoms with Crippen LogP contribution in [0.5, 0.6) is 0 Å². The van der Waals surface area contributed by atoms with Crippen LogP contribution in [0.15, 0.2) is 5.51 Å². The second kappa shape index (κ2) is 5.23. The van der Waals surface area contributed by atoms with Crippen LogP contribution in [0.2, 0.25) is 0 Å². The standard InChI is InChI=1S/C11H18N2O2S/c1-9-10(16-8-13-9)6-12-7-11(14)2-4-15-5-3-11/h8,12,14H,2-7H2,1H3. The van der Waals surface area contributed by atoms with E-state index in [1.807, 2.05) is 12.4 Å². The van der Waals surface area contributed by atoms with Crippen molar-refractivity contribution in [2.45, 2.75) is 31.9 Å². The molecule has 16 heavy (non-hydrogen) atoms. The lowest BCUT2D eigenvalue weighted by molar-refractivity contribution is -0.0616. The average Bonchev–Trinajstić information content (AvgIpc) is 2.65. The molecule has 1 aliphatic rings. The molecule has 90 valence electrons. The summed E-state index contributed by atoms with van der Waals surface area (Å²) in [6.45, 7) is 4.76. The number of aliphatic hydroxyl groups is 1. The molecule has 0 saturated carbocycles. The highest BCUT2D eigenvalue weighted by Gasteiger charge is 2.29. The van der Waals surface area contributed by atoms with Crippen molar-refractivity contribution in [3.05, 3.63) is 16.1 Å². The molecule has 5 heteroatoms. The minimum atomic E-state index is -0.586. The quantitative estimate of drug-likeness (QED) is 0.829. The van der Waals surface area contributed by atoms with Crippen LogP contribution in [0.3, 0.4) is 0 Å². The van der Waals surface area contributed by atoms with Gasteiger partial charge >= 0.3 is 0 Å². The molecule has 1 fully saturated rings. The molecule has 1 aliphatic heterocycles. The van der Waals surface area contributed by atoms with Gasteiger partial charge in [0.2, 0.25) is 0 Å². The molecule has 0 unspecified atom stereocenters. The van der Waals surface area contributed by atoms with Gasteiger partial charge in [-0.3, -0.25) is 0 Å². The second-order valence-electron chi connectivity index (χ2n) is 4.30. The molecule has 1 aromatic rings. The molecule has 0 spiro atoms. The van der Waals surface area contributed by atoms with Crippen molar-refractivity contribution in [1.82, 2.24) is 10.3 Å². The monoisotopic (exact) mass is 242 g/mol. The molecule has 1 aromatic heterocycles. The van der Waals surface area contributed by atoms with E-state index in [2.05, 4.69) is 10.3 Å². The first kappa shape index (κ1) is 12.0. The molecule has 1 saturated heterocycles. The van der Waals surface area contributed by atoms with Crippen molar-refractivity contribution in [1.29, 1.82) is 0 Å². The molecule has 0 atom stereocenters. The minimum Gasteiger partial charge on any atom is -0.388 e. The van der Waals surface area contributed by atoms with Crippen LogP contribution in [0.25, 0.3) is 0 Å². The van der Waals surface area contributed by atoms with E-state index in [1.54, 1.807) is 11.3 Å². The normalized spacial score (nSPS) is 19.9. The van der Waals surface area contributed by atoms with Crippen molar-refractivity contribution in [3.63, 3.8) is 0 Å². The number of aromatic nitrogens is 1. The molecule has 0 aliphatic carbocycles. The Morgan fingerprint density at radius 2 is 2.31 bits per heavy atom. The van der Waals surface area contributed by atoms with Crippen LogP contribution < -0.4 is 5.32 Å². The van der Waals surface area contributed by atoms with Crippen LogP contribution in [0.1, 0.15) is 23.4 Å². The highest BCUT2D eigenvalue weighted by molar-refractivity contribution is 7.09. The SMILES string of the molecule is Cc1ncsc1CNCC1(O)CCOCC1. The van der Waals surface area contributed by atoms with Gasteiger partial charge in [-0.1, -0.05) is 0 Å². The summed E-state index contributed by atoms with van der Waals surface area (Å²) in [5.41, 5.74) is 2.35. The van der Waals surface area contributed by atoms with Gasteiger partial charge in [-0.2, -0.15) is 0 Å². The number of ether oxygens (including phenoxy) is 1. The van der Waals surface area contributed by atoms with Gasteiger partial charge in [-0.25, -0.2) is 4.98 Å². The van der Waals surface area contributed by atoms with E-state index in [1.165, 1.54) is 4.88 Å². The molecule has 2 N–H and O–H groups in total. The van der Waals surface area contributed by atoms with Crippen molar-refractivity contribution in [2.75, 3.05) is 19.8 Å². The molecule has 0 radical (unpaired) electrons. The molecular formula is C11H18N2O2S. The predicted molar refractivity (Wildman–Crippen MR) is 63.6 cm³/mol. The molecule has 2 rings (SSSR count). The van der Waals surface area contributed by atoms with E-state index in [9.17, 15) is 5.11 Å². The van der Waals surface area contributed by atoms with Crippen molar-refractivity contribution < 1.29 is 9.84 Å². The molecule has 4 nitrogen and oxygen atoms in total. The third-order valence-corrected chi connectivity index (χ3v) is 3.94. The van der Waals surface area contributed by atoms with E-state index in [0.29, 0.717) is 19.8 Å². The van der Waals surface area contributed by atoms with Crippen molar-refractivity contribution in [2.24, 2.45) is 0 Å². The van der Waals surface area contributed by atoms with Crippen LogP contribution in [-0.2, 0) is 11.3 Å². The van der Waals surface area contributed by atoms with Gasteiger partial charge in [0.1, 0.15) is 0 Å². The molecule has 0 aromatic carbocycles. The van der Waals surface area contributed by atoms with Gasteiger partial charge in [0.15, 0.2) is 0 Å². The first-order valence-electron chi connectivity index (χ1n) is 5.59. The molecule has 0 amide bonds. The minimum absolute atomic E-state index is 0.586. The van der Waals surface area contributed by atoms with E-state index in [-0.39, 0.29) is 0 Å². The third-order valence-electron chi connectivity index (χ3n) is 3.01. The van der Waals surface area contributed by atoms with Gasteiger partial charge in [-0.05, 0) is 6.92 Å². The number of nitrogens with one attached hydrogen (secondary N) is 1. The number of nitrogens with zero attached hydrogens (tertiary/aromatic N) is 1. The summed E-state index contributed by atoms with van der Waals surface area (Å²) in [6.07, 6.45) is 1.45. The lowest BCUT2D eigenvalue weighted by atomic mass is 9.94. The molecule has 0 bridgehead atoms. The summed E-state index contributed by atoms with van der Waals surface area (Å²) >= 11 is 1.66. The Labute approximate surface area is 99.7 Å². The Hall–Kier alpha value is -0.490. The zero-order valence-electron chi connectivity index (χ0n) is 9.53. The fraction of sp³-hybridized carbons (Fsp3) is 0.727. The van der Waals surface area contributed by atoms with E-state index in [0.717, 1.165) is 25.1 Å². The fourth-order valence-electron chi connectivity index (χ4n) is 1.83. The number of hydrogen-bond acceptors (Lipinski definition) is 5. The summed E-state index contributed by atoms with van der Waals surface area (Å²) in [5, 5.41) is 13.5. The summed E-state index contributed by atoms with van der Waals surface area (Å²) in [6, 6.07) is 0. The zero-order valence-corrected chi connectivity index (χ0v) is 10.3. The lowest BCUT2D eigenvalue weighted by Gasteiger charge is -2.32. The Morgan fingerprint density at radius 3 is 2.94 bits per heavy atom. The van der Waals surface area contributed by atoms with Gasteiger partial charge in [0.25, 0.3) is 0 Å². The Morgan fingerprint density at radius 1 is 1.56 bits per heavy atom. The fourth-order valence-corrected chi connectivity index (χ4v) is 2.58. The summed E-state index contributed by atoms with van der Waals surface area (Å²) in [7, 11) is 0. The summed E-state index contributed by atoms with van der Waals surface area (Å²) in [4.78, 5) is 5.44. The molecule has 2 heterocycles. The van der Waals surface area contributed by atoms with Gasteiger partial charge < -0.3 is 15.2 Å². The zero-order chi connectivity index (χ0) is 11.4. The van der Waals surface area contributed by atoms with Crippen LogP contribution >= 0.6 is 11.3 Å². The topological polar surface area (TPSA) is 54.4 Å². The number of hydrogen-bond donors (Lipinski definition) is 2. The largest absolute Gasteiger partial charge is 0.388 e. The van der Waals surface area contributed by atoms with Crippen molar-refractivity contribution in [3.8, 4) is 0 Å². The third kappa shape index (κ3) is 3.01. The van der Waals surface area contributed by atoms with Crippen LogP contribution in [-0.4, -0.2) is 35.5 Å². The summed E-state index contributed by atoms with van der Waals surface area (Å²) < 4.78 is 5.24. The first-order valence-corrected chi connectivity index (χ1v) is 6.47. The number of rotatable bonds is 4. The smallest absolute Gasteiger partial charge is 0.0815 e. The predicted octanol–water partition coefficient (Wildman–Crippen LogP) is 1.08. The molecular weight excluding hydrogens is 224 g/mol. The maximum Gasteiger partial charge on any atom is 0.0815 e. The maximum absolute atomic E-state index is 10.2. The van der Waals surface area contributed by atoms with Gasteiger partial charge in [-0.15, -0.1) is 11.3 Å². The van der Waals surface area contributed by atoms with Crippen LogP contribution in [0, 0.1) is 6.92 Å². The number of aryl methyl sites for hydroxylation is 1. The lowest BCUT2D eigenvalue weighted by Crippen LogP contribution is -2.44. The Kier molecular flexibility index (Phi) is 3.91. The Bertz CT molecular complexity index is 334. The number of thiazole rings is 1. The van der Waals surface area contributed by atoms with Gasteiger partial charge in [0, 0.05) is 44.0 Å². The maximum atomic E-state index is 10.2. The highest BCUT2D eigenvalue weighted by atomic mass is 32.1. The van der Waals surface area contributed by atoms with Crippen molar-refractivity contribution >= 4 is 11.3 Å². The van der Waals surface area contributed by atoms with Crippen LogP contribution in [0.4, 0.5) is 0 Å². The average molecular weight is 242 g/mol. The second-order valence-corrected chi connectivity index (χ2v) is 5.24. The first-order chi connectivity index (χ1) is 7.70. The highest BCUT2D eigenvalue weighted by Crippen LogP contribution is 2.19.